The smallest absolute Gasteiger partial charge is 0.344 e. The summed E-state index contributed by atoms with van der Waals surface area (Å²) < 4.78 is 37.4. The molecule has 5 nitrogen and oxygen atoms in total. The molecule has 1 N–H and O–H groups in total. The summed E-state index contributed by atoms with van der Waals surface area (Å²) in [6.45, 7) is 4.67. The highest BCUT2D eigenvalue weighted by molar-refractivity contribution is 5.95. The topological polar surface area (TPSA) is 64.6 Å². The second-order valence-corrected chi connectivity index (χ2v) is 5.70. The van der Waals surface area contributed by atoms with E-state index in [2.05, 4.69) is 5.32 Å². The largest absolute Gasteiger partial charge is 0.482 e. The van der Waals surface area contributed by atoms with Crippen LogP contribution in [-0.4, -0.2) is 24.6 Å². The van der Waals surface area contributed by atoms with E-state index in [0.717, 1.165) is 23.3 Å². The summed E-state index contributed by atoms with van der Waals surface area (Å²) >= 11 is 0. The highest BCUT2D eigenvalue weighted by Gasteiger charge is 2.21. The number of carbonyl (C=O) groups is 2. The molecule has 0 unspecified atom stereocenters. The molecule has 0 fully saturated rings. The summed E-state index contributed by atoms with van der Waals surface area (Å²) in [6.07, 6.45) is -1.25. The number of hydrogen-bond acceptors (Lipinski definition) is 4. The maximum Gasteiger partial charge on any atom is 0.344 e. The molecule has 0 aliphatic carbocycles. The number of ether oxygens (including phenoxy) is 2. The van der Waals surface area contributed by atoms with Crippen molar-refractivity contribution in [3.05, 3.63) is 59.2 Å². The number of rotatable bonds is 6. The quantitative estimate of drug-likeness (QED) is 0.798. The molecule has 1 amide bonds. The summed E-state index contributed by atoms with van der Waals surface area (Å²) in [5.41, 5.74) is 1.31. The summed E-state index contributed by atoms with van der Waals surface area (Å²) in [4.78, 5) is 23.8. The van der Waals surface area contributed by atoms with Crippen LogP contribution < -0.4 is 10.1 Å². The van der Waals surface area contributed by atoms with Crippen molar-refractivity contribution in [3.8, 4) is 5.75 Å². The van der Waals surface area contributed by atoms with Gasteiger partial charge in [-0.15, -0.1) is 0 Å². The van der Waals surface area contributed by atoms with Gasteiger partial charge in [-0.1, -0.05) is 18.2 Å². The fourth-order valence-corrected chi connectivity index (χ4v) is 2.14. The molecule has 0 spiro atoms. The van der Waals surface area contributed by atoms with Crippen LogP contribution in [0, 0.1) is 25.5 Å². The van der Waals surface area contributed by atoms with Crippen molar-refractivity contribution in [2.45, 2.75) is 26.9 Å². The standard InChI is InChI=1S/C19H19F2NO4/c1-11-6-4-9-16(12(11)2)25-10-17(23)26-13(3)19(24)22-18-14(20)7-5-8-15(18)21/h4-9,13H,10H2,1-3H3,(H,22,24)/t13-/m1/s1. The Kier molecular flexibility index (Phi) is 6.27. The molecule has 2 aromatic carbocycles. The number of hydrogen-bond donors (Lipinski definition) is 1. The number of aryl methyl sites for hydroxylation is 1. The Bertz CT molecular complexity index is 803. The first-order valence-corrected chi connectivity index (χ1v) is 7.93. The second kappa shape index (κ2) is 8.42. The average molecular weight is 363 g/mol. The lowest BCUT2D eigenvalue weighted by molar-refractivity contribution is -0.155. The predicted octanol–water partition coefficient (Wildman–Crippen LogP) is 3.53. The molecule has 0 saturated heterocycles. The van der Waals surface area contributed by atoms with Crippen molar-refractivity contribution in [1.29, 1.82) is 0 Å². The van der Waals surface area contributed by atoms with E-state index in [0.29, 0.717) is 5.75 Å². The molecular weight excluding hydrogens is 344 g/mol. The Morgan fingerprint density at radius 2 is 1.69 bits per heavy atom. The normalized spacial score (nSPS) is 11.6. The second-order valence-electron chi connectivity index (χ2n) is 5.70. The van der Waals surface area contributed by atoms with Crippen LogP contribution in [0.15, 0.2) is 36.4 Å². The molecule has 0 heterocycles. The number of amides is 1. The first kappa shape index (κ1) is 19.4. The number of halogens is 2. The third-order valence-electron chi connectivity index (χ3n) is 3.79. The van der Waals surface area contributed by atoms with Crippen molar-refractivity contribution < 1.29 is 27.8 Å². The van der Waals surface area contributed by atoms with E-state index >= 15 is 0 Å². The number of benzene rings is 2. The van der Waals surface area contributed by atoms with Crippen molar-refractivity contribution in [3.63, 3.8) is 0 Å². The van der Waals surface area contributed by atoms with E-state index in [1.807, 2.05) is 19.9 Å². The number of anilines is 1. The van der Waals surface area contributed by atoms with Crippen LogP contribution in [0.4, 0.5) is 14.5 Å². The highest BCUT2D eigenvalue weighted by atomic mass is 19.1. The van der Waals surface area contributed by atoms with Gasteiger partial charge < -0.3 is 14.8 Å². The number of para-hydroxylation sites is 1. The lowest BCUT2D eigenvalue weighted by Crippen LogP contribution is -2.32. The van der Waals surface area contributed by atoms with Gasteiger partial charge in [0.05, 0.1) is 0 Å². The molecule has 26 heavy (non-hydrogen) atoms. The minimum absolute atomic E-state index is 0.393. The van der Waals surface area contributed by atoms with Crippen LogP contribution in [0.3, 0.4) is 0 Å². The van der Waals surface area contributed by atoms with Crippen LogP contribution in [0.2, 0.25) is 0 Å². The SMILES string of the molecule is Cc1cccc(OCC(=O)O[C@H](C)C(=O)Nc2c(F)cccc2F)c1C. The van der Waals surface area contributed by atoms with Gasteiger partial charge in [0.2, 0.25) is 0 Å². The number of nitrogens with one attached hydrogen (secondary N) is 1. The Labute approximate surface area is 149 Å². The molecule has 2 rings (SSSR count). The van der Waals surface area contributed by atoms with Crippen molar-refractivity contribution in [2.75, 3.05) is 11.9 Å². The van der Waals surface area contributed by atoms with Crippen LogP contribution in [0.5, 0.6) is 5.75 Å². The van der Waals surface area contributed by atoms with Gasteiger partial charge in [0, 0.05) is 0 Å². The van der Waals surface area contributed by atoms with Crippen LogP contribution in [0.1, 0.15) is 18.1 Å². The molecule has 1 atom stereocenters. The maximum atomic E-state index is 13.5. The first-order chi connectivity index (χ1) is 12.3. The molecular formula is C19H19F2NO4. The number of carbonyl (C=O) groups excluding carboxylic acids is 2. The average Bonchev–Trinajstić information content (AvgIpc) is 2.59. The van der Waals surface area contributed by atoms with Gasteiger partial charge in [0.1, 0.15) is 23.1 Å². The summed E-state index contributed by atoms with van der Waals surface area (Å²) in [5, 5.41) is 2.07. The maximum absolute atomic E-state index is 13.5. The molecule has 138 valence electrons. The lowest BCUT2D eigenvalue weighted by atomic mass is 10.1. The van der Waals surface area contributed by atoms with E-state index in [1.165, 1.54) is 13.0 Å². The monoisotopic (exact) mass is 363 g/mol. The molecule has 7 heteroatoms. The van der Waals surface area contributed by atoms with Crippen LogP contribution in [0.25, 0.3) is 0 Å². The van der Waals surface area contributed by atoms with Gasteiger partial charge in [0.25, 0.3) is 5.91 Å². The third kappa shape index (κ3) is 4.78. The minimum Gasteiger partial charge on any atom is -0.482 e. The van der Waals surface area contributed by atoms with Crippen molar-refractivity contribution >= 4 is 17.6 Å². The molecule has 0 saturated carbocycles. The minimum atomic E-state index is -1.25. The Hall–Kier alpha value is -2.96. The van der Waals surface area contributed by atoms with Gasteiger partial charge in [-0.2, -0.15) is 0 Å². The molecule has 0 bridgehead atoms. The Balaban J connectivity index is 1.90. The lowest BCUT2D eigenvalue weighted by Gasteiger charge is -2.15. The summed E-state index contributed by atoms with van der Waals surface area (Å²) in [5.74, 6) is -2.94. The zero-order valence-electron chi connectivity index (χ0n) is 14.6. The van der Waals surface area contributed by atoms with E-state index in [4.69, 9.17) is 9.47 Å². The third-order valence-corrected chi connectivity index (χ3v) is 3.79. The molecule has 0 aromatic heterocycles. The fourth-order valence-electron chi connectivity index (χ4n) is 2.14. The summed E-state index contributed by atoms with van der Waals surface area (Å²) in [6, 6.07) is 8.61. The highest BCUT2D eigenvalue weighted by Crippen LogP contribution is 2.21. The van der Waals surface area contributed by atoms with Crippen molar-refractivity contribution in [1.82, 2.24) is 0 Å². The molecule has 2 aromatic rings. The van der Waals surface area contributed by atoms with Crippen LogP contribution in [-0.2, 0) is 14.3 Å². The fraction of sp³-hybridized carbons (Fsp3) is 0.263. The van der Waals surface area contributed by atoms with E-state index < -0.39 is 41.9 Å². The van der Waals surface area contributed by atoms with Gasteiger partial charge in [0.15, 0.2) is 12.7 Å². The number of esters is 1. The van der Waals surface area contributed by atoms with Gasteiger partial charge in [-0.25, -0.2) is 13.6 Å². The first-order valence-electron chi connectivity index (χ1n) is 7.93. The molecule has 0 aliphatic heterocycles. The zero-order chi connectivity index (χ0) is 19.3. The molecule has 0 aliphatic rings. The predicted molar refractivity (Wildman–Crippen MR) is 92.0 cm³/mol. The van der Waals surface area contributed by atoms with Gasteiger partial charge in [-0.3, -0.25) is 4.79 Å². The van der Waals surface area contributed by atoms with E-state index in [-0.39, 0.29) is 0 Å². The van der Waals surface area contributed by atoms with Gasteiger partial charge >= 0.3 is 5.97 Å². The van der Waals surface area contributed by atoms with E-state index in [9.17, 15) is 18.4 Å². The zero-order valence-corrected chi connectivity index (χ0v) is 14.6. The van der Waals surface area contributed by atoms with Gasteiger partial charge in [-0.05, 0) is 50.1 Å². The van der Waals surface area contributed by atoms with Crippen molar-refractivity contribution in [2.24, 2.45) is 0 Å². The molecule has 0 radical (unpaired) electrons. The Morgan fingerprint density at radius 3 is 2.35 bits per heavy atom. The van der Waals surface area contributed by atoms with Crippen LogP contribution >= 0.6 is 0 Å². The Morgan fingerprint density at radius 1 is 1.08 bits per heavy atom. The van der Waals surface area contributed by atoms with E-state index in [1.54, 1.807) is 12.1 Å². The summed E-state index contributed by atoms with van der Waals surface area (Å²) in [7, 11) is 0.